The molecule has 3 atom stereocenters. The van der Waals surface area contributed by atoms with Crippen LogP contribution in [0.3, 0.4) is 0 Å². The number of rotatable bonds is 3. The van der Waals surface area contributed by atoms with Gasteiger partial charge in [0.05, 0.1) is 0 Å². The van der Waals surface area contributed by atoms with E-state index in [4.69, 9.17) is 5.73 Å². The SMILES string of the molecule is CC1CC(C)CC(C(CN)CO)C1. The van der Waals surface area contributed by atoms with Gasteiger partial charge in [0, 0.05) is 6.61 Å². The van der Waals surface area contributed by atoms with E-state index in [1.165, 1.54) is 19.3 Å². The summed E-state index contributed by atoms with van der Waals surface area (Å²) >= 11 is 0. The van der Waals surface area contributed by atoms with Crippen molar-refractivity contribution in [2.75, 3.05) is 13.2 Å². The molecule has 0 bridgehead atoms. The van der Waals surface area contributed by atoms with E-state index in [0.717, 1.165) is 11.8 Å². The third kappa shape index (κ3) is 2.96. The Morgan fingerprint density at radius 2 is 1.77 bits per heavy atom. The first-order valence-electron chi connectivity index (χ1n) is 5.48. The molecule has 1 fully saturated rings. The van der Waals surface area contributed by atoms with Crippen LogP contribution in [0.2, 0.25) is 0 Å². The molecule has 1 rings (SSSR count). The van der Waals surface area contributed by atoms with Crippen LogP contribution in [0.5, 0.6) is 0 Å². The molecule has 0 saturated heterocycles. The van der Waals surface area contributed by atoms with Crippen LogP contribution < -0.4 is 5.73 Å². The van der Waals surface area contributed by atoms with Crippen molar-refractivity contribution >= 4 is 0 Å². The topological polar surface area (TPSA) is 46.2 Å². The van der Waals surface area contributed by atoms with Gasteiger partial charge in [-0.2, -0.15) is 0 Å². The molecule has 1 aliphatic carbocycles. The Bertz CT molecular complexity index is 135. The second-order valence-electron chi connectivity index (χ2n) is 4.86. The lowest BCUT2D eigenvalue weighted by Gasteiger charge is -2.35. The van der Waals surface area contributed by atoms with E-state index in [0.29, 0.717) is 18.4 Å². The second-order valence-corrected chi connectivity index (χ2v) is 4.86. The number of hydrogen-bond acceptors (Lipinski definition) is 2. The molecule has 1 aliphatic rings. The van der Waals surface area contributed by atoms with Crippen LogP contribution in [0, 0.1) is 23.7 Å². The zero-order valence-corrected chi connectivity index (χ0v) is 8.87. The molecule has 0 aromatic heterocycles. The molecule has 0 aromatic carbocycles. The highest BCUT2D eigenvalue weighted by Gasteiger charge is 2.28. The van der Waals surface area contributed by atoms with Crippen LogP contribution in [0.25, 0.3) is 0 Å². The third-order valence-corrected chi connectivity index (χ3v) is 3.42. The van der Waals surface area contributed by atoms with Gasteiger partial charge >= 0.3 is 0 Å². The van der Waals surface area contributed by atoms with E-state index < -0.39 is 0 Å². The average molecular weight is 185 g/mol. The standard InChI is InChI=1S/C11H23NO/c1-8-3-9(2)5-10(4-8)11(6-12)7-13/h8-11,13H,3-7,12H2,1-2H3. The van der Waals surface area contributed by atoms with E-state index >= 15 is 0 Å². The highest BCUT2D eigenvalue weighted by atomic mass is 16.3. The number of nitrogens with two attached hydrogens (primary N) is 1. The summed E-state index contributed by atoms with van der Waals surface area (Å²) in [6, 6.07) is 0. The lowest BCUT2D eigenvalue weighted by molar-refractivity contribution is 0.112. The zero-order chi connectivity index (χ0) is 9.84. The maximum absolute atomic E-state index is 9.17. The fraction of sp³-hybridized carbons (Fsp3) is 1.00. The molecule has 0 aromatic rings. The lowest BCUT2D eigenvalue weighted by atomic mass is 9.72. The Balaban J connectivity index is 2.48. The fourth-order valence-corrected chi connectivity index (χ4v) is 2.81. The summed E-state index contributed by atoms with van der Waals surface area (Å²) in [7, 11) is 0. The molecule has 3 N–H and O–H groups in total. The van der Waals surface area contributed by atoms with Gasteiger partial charge in [-0.1, -0.05) is 13.8 Å². The molecule has 1 saturated carbocycles. The van der Waals surface area contributed by atoms with Crippen molar-refractivity contribution in [1.82, 2.24) is 0 Å². The Labute approximate surface area is 81.5 Å². The molecule has 0 spiro atoms. The van der Waals surface area contributed by atoms with Gasteiger partial charge in [0.2, 0.25) is 0 Å². The van der Waals surface area contributed by atoms with Crippen molar-refractivity contribution in [1.29, 1.82) is 0 Å². The minimum Gasteiger partial charge on any atom is -0.396 e. The molecule has 0 radical (unpaired) electrons. The normalized spacial score (nSPS) is 37.4. The Morgan fingerprint density at radius 3 is 2.15 bits per heavy atom. The predicted octanol–water partition coefficient (Wildman–Crippen LogP) is 1.63. The molecular weight excluding hydrogens is 162 g/mol. The number of aliphatic hydroxyl groups excluding tert-OH is 1. The van der Waals surface area contributed by atoms with E-state index in [-0.39, 0.29) is 6.61 Å². The van der Waals surface area contributed by atoms with Crippen molar-refractivity contribution in [3.63, 3.8) is 0 Å². The molecule has 13 heavy (non-hydrogen) atoms. The van der Waals surface area contributed by atoms with Crippen LogP contribution in [0.15, 0.2) is 0 Å². The van der Waals surface area contributed by atoms with Crippen LogP contribution in [0.1, 0.15) is 33.1 Å². The predicted molar refractivity (Wildman–Crippen MR) is 55.3 cm³/mol. The highest BCUT2D eigenvalue weighted by Crippen LogP contribution is 2.36. The molecule has 3 unspecified atom stereocenters. The van der Waals surface area contributed by atoms with E-state index in [2.05, 4.69) is 13.8 Å². The largest absolute Gasteiger partial charge is 0.396 e. The zero-order valence-electron chi connectivity index (χ0n) is 8.87. The molecule has 0 amide bonds. The summed E-state index contributed by atoms with van der Waals surface area (Å²) < 4.78 is 0. The van der Waals surface area contributed by atoms with Crippen LogP contribution in [-0.2, 0) is 0 Å². The number of aliphatic hydroxyl groups is 1. The van der Waals surface area contributed by atoms with Gasteiger partial charge in [0.1, 0.15) is 0 Å². The maximum atomic E-state index is 9.17. The second kappa shape index (κ2) is 4.97. The summed E-state index contributed by atoms with van der Waals surface area (Å²) in [6.07, 6.45) is 3.86. The van der Waals surface area contributed by atoms with Gasteiger partial charge in [-0.25, -0.2) is 0 Å². The number of hydrogen-bond donors (Lipinski definition) is 2. The summed E-state index contributed by atoms with van der Waals surface area (Å²) in [5, 5.41) is 9.17. The van der Waals surface area contributed by atoms with Gasteiger partial charge in [-0.15, -0.1) is 0 Å². The van der Waals surface area contributed by atoms with E-state index in [1.54, 1.807) is 0 Å². The van der Waals surface area contributed by atoms with Crippen LogP contribution >= 0.6 is 0 Å². The first kappa shape index (κ1) is 11.0. The summed E-state index contributed by atoms with van der Waals surface area (Å²) in [4.78, 5) is 0. The molecule has 2 heteroatoms. The molecule has 0 aliphatic heterocycles. The van der Waals surface area contributed by atoms with Gasteiger partial charge in [0.25, 0.3) is 0 Å². The highest BCUT2D eigenvalue weighted by molar-refractivity contribution is 4.80. The first-order chi connectivity index (χ1) is 6.17. The van der Waals surface area contributed by atoms with E-state index in [9.17, 15) is 5.11 Å². The molecule has 2 nitrogen and oxygen atoms in total. The molecular formula is C11H23NO. The lowest BCUT2D eigenvalue weighted by Crippen LogP contribution is -2.32. The van der Waals surface area contributed by atoms with Crippen molar-refractivity contribution in [2.45, 2.75) is 33.1 Å². The summed E-state index contributed by atoms with van der Waals surface area (Å²) in [5.41, 5.74) is 5.65. The van der Waals surface area contributed by atoms with Crippen molar-refractivity contribution in [3.8, 4) is 0 Å². The van der Waals surface area contributed by atoms with Gasteiger partial charge < -0.3 is 10.8 Å². The fourth-order valence-electron chi connectivity index (χ4n) is 2.81. The van der Waals surface area contributed by atoms with Gasteiger partial charge in [-0.05, 0) is 49.5 Å². The summed E-state index contributed by atoms with van der Waals surface area (Å²) in [6.45, 7) is 5.53. The third-order valence-electron chi connectivity index (χ3n) is 3.42. The van der Waals surface area contributed by atoms with Gasteiger partial charge in [-0.3, -0.25) is 0 Å². The van der Waals surface area contributed by atoms with Crippen LogP contribution in [-0.4, -0.2) is 18.3 Å². The quantitative estimate of drug-likeness (QED) is 0.702. The Morgan fingerprint density at radius 1 is 1.23 bits per heavy atom. The minimum atomic E-state index is 0.264. The smallest absolute Gasteiger partial charge is 0.0473 e. The van der Waals surface area contributed by atoms with Crippen molar-refractivity contribution < 1.29 is 5.11 Å². The van der Waals surface area contributed by atoms with Crippen molar-refractivity contribution in [2.24, 2.45) is 29.4 Å². The monoisotopic (exact) mass is 185 g/mol. The van der Waals surface area contributed by atoms with Crippen molar-refractivity contribution in [3.05, 3.63) is 0 Å². The Hall–Kier alpha value is -0.0800. The average Bonchev–Trinajstić information content (AvgIpc) is 2.04. The van der Waals surface area contributed by atoms with Crippen LogP contribution in [0.4, 0.5) is 0 Å². The van der Waals surface area contributed by atoms with E-state index in [1.807, 2.05) is 0 Å². The molecule has 78 valence electrons. The Kier molecular flexibility index (Phi) is 4.20. The first-order valence-corrected chi connectivity index (χ1v) is 5.48. The molecule has 0 heterocycles. The van der Waals surface area contributed by atoms with Gasteiger partial charge in [0.15, 0.2) is 0 Å². The maximum Gasteiger partial charge on any atom is 0.0473 e. The summed E-state index contributed by atoms with van der Waals surface area (Å²) in [5.74, 6) is 2.63. The minimum absolute atomic E-state index is 0.264.